The largest absolute Gasteiger partial charge is 0.333 e. The number of hydrogen-bond acceptors (Lipinski definition) is 2. The van der Waals surface area contributed by atoms with Gasteiger partial charge >= 0.3 is 0 Å². The molecule has 1 heterocycles. The Morgan fingerprint density at radius 1 is 1.41 bits per heavy atom. The number of amides is 1. The lowest BCUT2D eigenvalue weighted by atomic mass is 9.94. The molecule has 0 radical (unpaired) electrons. The van der Waals surface area contributed by atoms with Crippen LogP contribution in [-0.2, 0) is 11.3 Å². The highest BCUT2D eigenvalue weighted by Crippen LogP contribution is 2.32. The Morgan fingerprint density at radius 3 is 2.59 bits per heavy atom. The zero-order chi connectivity index (χ0) is 12.5. The molecule has 92 valence electrons. The van der Waals surface area contributed by atoms with E-state index < -0.39 is 0 Å². The fraction of sp³-hybridized carbons (Fsp3) is 0.571. The standard InChI is InChI=1S/C14H20N2O/c1-14(2,3)13(17)16(12-7-8-12)10-11-6-4-5-9-15-11/h4-6,9,12H,7-8,10H2,1-3H3. The van der Waals surface area contributed by atoms with Crippen LogP contribution in [0, 0.1) is 5.41 Å². The summed E-state index contributed by atoms with van der Waals surface area (Å²) >= 11 is 0. The topological polar surface area (TPSA) is 33.2 Å². The van der Waals surface area contributed by atoms with E-state index in [4.69, 9.17) is 0 Å². The second-order valence-electron chi connectivity index (χ2n) is 5.74. The predicted molar refractivity (Wildman–Crippen MR) is 67.3 cm³/mol. The van der Waals surface area contributed by atoms with Crippen LogP contribution in [-0.4, -0.2) is 21.8 Å². The fourth-order valence-electron chi connectivity index (χ4n) is 1.85. The zero-order valence-electron chi connectivity index (χ0n) is 10.8. The second-order valence-corrected chi connectivity index (χ2v) is 5.74. The first kappa shape index (κ1) is 12.1. The highest BCUT2D eigenvalue weighted by atomic mass is 16.2. The molecule has 0 N–H and O–H groups in total. The van der Waals surface area contributed by atoms with E-state index in [1.807, 2.05) is 43.9 Å². The Labute approximate surface area is 103 Å². The molecule has 0 saturated heterocycles. The van der Waals surface area contributed by atoms with E-state index in [1.165, 1.54) is 0 Å². The van der Waals surface area contributed by atoms with Crippen molar-refractivity contribution in [2.75, 3.05) is 0 Å². The summed E-state index contributed by atoms with van der Waals surface area (Å²) in [5, 5.41) is 0. The first-order valence-electron chi connectivity index (χ1n) is 6.19. The van der Waals surface area contributed by atoms with Crippen LogP contribution in [0.3, 0.4) is 0 Å². The lowest BCUT2D eigenvalue weighted by Gasteiger charge is -2.29. The van der Waals surface area contributed by atoms with Crippen molar-refractivity contribution in [3.63, 3.8) is 0 Å². The summed E-state index contributed by atoms with van der Waals surface area (Å²) < 4.78 is 0. The monoisotopic (exact) mass is 232 g/mol. The van der Waals surface area contributed by atoms with Gasteiger partial charge in [-0.25, -0.2) is 0 Å². The number of nitrogens with zero attached hydrogens (tertiary/aromatic N) is 2. The molecule has 0 unspecified atom stereocenters. The van der Waals surface area contributed by atoms with Crippen LogP contribution < -0.4 is 0 Å². The fourth-order valence-corrected chi connectivity index (χ4v) is 1.85. The number of carbonyl (C=O) groups is 1. The van der Waals surface area contributed by atoms with Crippen molar-refractivity contribution in [2.45, 2.75) is 46.2 Å². The van der Waals surface area contributed by atoms with E-state index in [9.17, 15) is 4.79 Å². The Hall–Kier alpha value is -1.38. The van der Waals surface area contributed by atoms with Gasteiger partial charge in [0.2, 0.25) is 5.91 Å². The maximum absolute atomic E-state index is 12.3. The molecule has 3 heteroatoms. The van der Waals surface area contributed by atoms with Crippen molar-refractivity contribution < 1.29 is 4.79 Å². The van der Waals surface area contributed by atoms with E-state index >= 15 is 0 Å². The lowest BCUT2D eigenvalue weighted by molar-refractivity contribution is -0.140. The molecule has 1 aliphatic rings. The summed E-state index contributed by atoms with van der Waals surface area (Å²) in [6.45, 7) is 6.57. The number of carbonyl (C=O) groups excluding carboxylic acids is 1. The van der Waals surface area contributed by atoms with Crippen LogP contribution in [0.2, 0.25) is 0 Å². The van der Waals surface area contributed by atoms with Gasteiger partial charge in [0.25, 0.3) is 0 Å². The SMILES string of the molecule is CC(C)(C)C(=O)N(Cc1ccccn1)C1CC1. The van der Waals surface area contributed by atoms with Gasteiger partial charge in [-0.3, -0.25) is 9.78 Å². The molecule has 0 bridgehead atoms. The van der Waals surface area contributed by atoms with Gasteiger partial charge < -0.3 is 4.90 Å². The Balaban J connectivity index is 2.11. The van der Waals surface area contributed by atoms with E-state index in [-0.39, 0.29) is 11.3 Å². The Morgan fingerprint density at radius 2 is 2.12 bits per heavy atom. The summed E-state index contributed by atoms with van der Waals surface area (Å²) in [4.78, 5) is 18.6. The summed E-state index contributed by atoms with van der Waals surface area (Å²) in [6, 6.07) is 6.28. The third-order valence-corrected chi connectivity index (χ3v) is 2.95. The average molecular weight is 232 g/mol. The minimum absolute atomic E-state index is 0.227. The molecule has 1 saturated carbocycles. The third-order valence-electron chi connectivity index (χ3n) is 2.95. The number of hydrogen-bond donors (Lipinski definition) is 0. The Bertz CT molecular complexity index is 390. The van der Waals surface area contributed by atoms with Crippen LogP contribution in [0.1, 0.15) is 39.3 Å². The van der Waals surface area contributed by atoms with Crippen molar-refractivity contribution in [2.24, 2.45) is 5.41 Å². The highest BCUT2D eigenvalue weighted by molar-refractivity contribution is 5.82. The number of pyridine rings is 1. The van der Waals surface area contributed by atoms with E-state index in [0.717, 1.165) is 18.5 Å². The smallest absolute Gasteiger partial charge is 0.228 e. The van der Waals surface area contributed by atoms with Crippen LogP contribution in [0.25, 0.3) is 0 Å². The zero-order valence-corrected chi connectivity index (χ0v) is 10.8. The highest BCUT2D eigenvalue weighted by Gasteiger charge is 2.37. The van der Waals surface area contributed by atoms with Gasteiger partial charge in [-0.1, -0.05) is 26.8 Å². The maximum Gasteiger partial charge on any atom is 0.228 e. The summed E-state index contributed by atoms with van der Waals surface area (Å²) in [7, 11) is 0. The second kappa shape index (κ2) is 4.47. The average Bonchev–Trinajstić information content (AvgIpc) is 3.09. The van der Waals surface area contributed by atoms with Crippen LogP contribution in [0.15, 0.2) is 24.4 Å². The van der Waals surface area contributed by atoms with Gasteiger partial charge in [-0.2, -0.15) is 0 Å². The van der Waals surface area contributed by atoms with Gasteiger partial charge in [-0.05, 0) is 25.0 Å². The predicted octanol–water partition coefficient (Wildman–Crippen LogP) is 2.62. The molecule has 1 fully saturated rings. The summed E-state index contributed by atoms with van der Waals surface area (Å²) in [5.41, 5.74) is 0.661. The number of aromatic nitrogens is 1. The van der Waals surface area contributed by atoms with Crippen molar-refractivity contribution in [3.05, 3.63) is 30.1 Å². The van der Waals surface area contributed by atoms with Crippen molar-refractivity contribution in [1.29, 1.82) is 0 Å². The van der Waals surface area contributed by atoms with Crippen molar-refractivity contribution in [3.8, 4) is 0 Å². The van der Waals surface area contributed by atoms with Crippen LogP contribution in [0.4, 0.5) is 0 Å². The molecule has 17 heavy (non-hydrogen) atoms. The van der Waals surface area contributed by atoms with Crippen molar-refractivity contribution in [1.82, 2.24) is 9.88 Å². The molecular formula is C14H20N2O. The van der Waals surface area contributed by atoms with Crippen LogP contribution >= 0.6 is 0 Å². The molecule has 1 amide bonds. The van der Waals surface area contributed by atoms with Gasteiger partial charge in [0, 0.05) is 17.7 Å². The molecule has 0 aromatic carbocycles. The third kappa shape index (κ3) is 3.05. The maximum atomic E-state index is 12.3. The lowest BCUT2D eigenvalue weighted by Crippen LogP contribution is -2.40. The van der Waals surface area contributed by atoms with Gasteiger partial charge in [-0.15, -0.1) is 0 Å². The van der Waals surface area contributed by atoms with E-state index in [2.05, 4.69) is 4.98 Å². The van der Waals surface area contributed by atoms with E-state index in [0.29, 0.717) is 12.6 Å². The minimum atomic E-state index is -0.308. The van der Waals surface area contributed by atoms with Gasteiger partial charge in [0.05, 0.1) is 12.2 Å². The molecule has 1 aliphatic carbocycles. The molecule has 0 spiro atoms. The van der Waals surface area contributed by atoms with Gasteiger partial charge in [0.1, 0.15) is 0 Å². The first-order valence-corrected chi connectivity index (χ1v) is 6.19. The first-order chi connectivity index (χ1) is 7.98. The summed E-state index contributed by atoms with van der Waals surface area (Å²) in [6.07, 6.45) is 4.05. The molecule has 1 aromatic heterocycles. The normalized spacial score (nSPS) is 15.7. The molecule has 3 nitrogen and oxygen atoms in total. The molecular weight excluding hydrogens is 212 g/mol. The van der Waals surface area contributed by atoms with Gasteiger partial charge in [0.15, 0.2) is 0 Å². The molecule has 0 atom stereocenters. The molecule has 0 aliphatic heterocycles. The molecule has 1 aromatic rings. The Kier molecular flexibility index (Phi) is 3.18. The molecule has 2 rings (SSSR count). The summed E-state index contributed by atoms with van der Waals surface area (Å²) in [5.74, 6) is 0.227. The number of rotatable bonds is 3. The van der Waals surface area contributed by atoms with Crippen LogP contribution in [0.5, 0.6) is 0 Å². The van der Waals surface area contributed by atoms with E-state index in [1.54, 1.807) is 6.20 Å². The van der Waals surface area contributed by atoms with Crippen molar-refractivity contribution >= 4 is 5.91 Å². The minimum Gasteiger partial charge on any atom is -0.333 e. The quantitative estimate of drug-likeness (QED) is 0.802.